The largest absolute Gasteiger partial charge is 0.352 e. The van der Waals surface area contributed by atoms with Crippen molar-refractivity contribution in [2.24, 2.45) is 0 Å². The summed E-state index contributed by atoms with van der Waals surface area (Å²) in [6, 6.07) is 6.50. The Hall–Kier alpha value is -0.850. The Kier molecular flexibility index (Phi) is 9.75. The van der Waals surface area contributed by atoms with E-state index in [4.69, 9.17) is 0 Å². The van der Waals surface area contributed by atoms with Crippen molar-refractivity contribution in [1.82, 2.24) is 20.4 Å². The number of carbonyl (C=O) groups excluding carboxylic acids is 1. The number of piperazine rings is 1. The molecule has 0 aliphatic carbocycles. The monoisotopic (exact) mass is 388 g/mol. The van der Waals surface area contributed by atoms with Crippen LogP contribution in [0.3, 0.4) is 0 Å². The minimum absolute atomic E-state index is 0. The lowest BCUT2D eigenvalue weighted by molar-refractivity contribution is -0.121. The molecule has 1 aromatic carbocycles. The van der Waals surface area contributed by atoms with E-state index in [0.29, 0.717) is 13.0 Å². The van der Waals surface area contributed by atoms with Gasteiger partial charge in [-0.2, -0.15) is 0 Å². The summed E-state index contributed by atoms with van der Waals surface area (Å²) in [6.07, 6.45) is 0.596. The maximum absolute atomic E-state index is 12.1. The summed E-state index contributed by atoms with van der Waals surface area (Å²) >= 11 is 0. The zero-order valence-electron chi connectivity index (χ0n) is 14.9. The predicted molar refractivity (Wildman–Crippen MR) is 106 cm³/mol. The molecule has 0 spiro atoms. The van der Waals surface area contributed by atoms with Crippen LogP contribution in [0.2, 0.25) is 0 Å². The first-order chi connectivity index (χ1) is 11.2. The second-order valence-corrected chi connectivity index (χ2v) is 6.51. The lowest BCUT2D eigenvalue weighted by Crippen LogP contribution is -2.46. The highest BCUT2D eigenvalue weighted by molar-refractivity contribution is 5.85. The van der Waals surface area contributed by atoms with Crippen molar-refractivity contribution >= 4 is 30.7 Å². The van der Waals surface area contributed by atoms with Gasteiger partial charge in [0, 0.05) is 58.8 Å². The van der Waals surface area contributed by atoms with Crippen LogP contribution in [0.5, 0.6) is 0 Å². The van der Waals surface area contributed by atoms with Crippen LogP contribution in [0.1, 0.15) is 30.0 Å². The molecule has 2 aliphatic heterocycles. The van der Waals surface area contributed by atoms with Gasteiger partial charge in [-0.3, -0.25) is 4.79 Å². The Morgan fingerprint density at radius 3 is 2.48 bits per heavy atom. The molecule has 1 amide bonds. The third-order valence-electron chi connectivity index (χ3n) is 4.96. The molecular weight excluding hydrogens is 359 g/mol. The molecule has 1 aromatic rings. The average molecular weight is 389 g/mol. The first-order valence-corrected chi connectivity index (χ1v) is 8.77. The lowest BCUT2D eigenvalue weighted by atomic mass is 10.1. The summed E-state index contributed by atoms with van der Waals surface area (Å²) in [5.41, 5.74) is 3.94. The van der Waals surface area contributed by atoms with Crippen LogP contribution in [0.25, 0.3) is 0 Å². The van der Waals surface area contributed by atoms with E-state index < -0.39 is 0 Å². The third kappa shape index (κ3) is 6.42. The van der Waals surface area contributed by atoms with E-state index in [-0.39, 0.29) is 30.7 Å². The first kappa shape index (κ1) is 22.2. The van der Waals surface area contributed by atoms with Crippen LogP contribution in [0.4, 0.5) is 0 Å². The fraction of sp³-hybridized carbons (Fsp3) is 0.611. The van der Waals surface area contributed by atoms with Gasteiger partial charge < -0.3 is 20.4 Å². The van der Waals surface area contributed by atoms with Crippen molar-refractivity contribution < 1.29 is 4.79 Å². The molecule has 2 heterocycles. The molecule has 0 bridgehead atoms. The van der Waals surface area contributed by atoms with Crippen molar-refractivity contribution in [2.45, 2.75) is 33.0 Å². The molecule has 3 rings (SSSR count). The quantitative estimate of drug-likeness (QED) is 0.779. The van der Waals surface area contributed by atoms with Gasteiger partial charge in [0.15, 0.2) is 0 Å². The zero-order valence-corrected chi connectivity index (χ0v) is 16.6. The number of carbonyl (C=O) groups is 1. The van der Waals surface area contributed by atoms with Crippen LogP contribution < -0.4 is 10.6 Å². The van der Waals surface area contributed by atoms with Crippen LogP contribution in [-0.2, 0) is 24.4 Å². The number of benzene rings is 1. The molecular formula is C18H30Cl2N4O. The number of rotatable bonds is 6. The lowest BCUT2D eigenvalue weighted by Gasteiger charge is -2.33. The minimum atomic E-state index is 0. The molecule has 5 nitrogen and oxygen atoms in total. The van der Waals surface area contributed by atoms with Crippen molar-refractivity contribution in [2.75, 3.05) is 39.3 Å². The van der Waals surface area contributed by atoms with Gasteiger partial charge in [0.1, 0.15) is 0 Å². The highest BCUT2D eigenvalue weighted by atomic mass is 35.5. The third-order valence-corrected chi connectivity index (χ3v) is 4.96. The Labute approximate surface area is 163 Å². The van der Waals surface area contributed by atoms with Gasteiger partial charge >= 0.3 is 0 Å². The number of likely N-dealkylation sites (N-methyl/N-ethyl adjacent to an activating group) is 1. The van der Waals surface area contributed by atoms with Crippen molar-refractivity contribution in [1.29, 1.82) is 0 Å². The topological polar surface area (TPSA) is 47.6 Å². The molecule has 0 saturated carbocycles. The van der Waals surface area contributed by atoms with E-state index in [0.717, 1.165) is 52.4 Å². The Bertz CT molecular complexity index is 548. The first-order valence-electron chi connectivity index (χ1n) is 8.77. The van der Waals surface area contributed by atoms with E-state index in [1.54, 1.807) is 0 Å². The van der Waals surface area contributed by atoms with Crippen LogP contribution in [0.15, 0.2) is 18.2 Å². The van der Waals surface area contributed by atoms with Crippen molar-refractivity contribution in [3.63, 3.8) is 0 Å². The fourth-order valence-corrected chi connectivity index (χ4v) is 3.34. The van der Waals surface area contributed by atoms with E-state index in [2.05, 4.69) is 45.6 Å². The second kappa shape index (κ2) is 11.0. The average Bonchev–Trinajstić information content (AvgIpc) is 3.06. The van der Waals surface area contributed by atoms with E-state index in [1.807, 2.05) is 0 Å². The normalized spacial score (nSPS) is 17.3. The fourth-order valence-electron chi connectivity index (χ4n) is 3.34. The Morgan fingerprint density at radius 2 is 1.76 bits per heavy atom. The van der Waals surface area contributed by atoms with Crippen molar-refractivity contribution in [3.8, 4) is 0 Å². The molecule has 25 heavy (non-hydrogen) atoms. The number of halogens is 2. The van der Waals surface area contributed by atoms with Gasteiger partial charge in [0.25, 0.3) is 0 Å². The number of hydrogen-bond acceptors (Lipinski definition) is 4. The van der Waals surface area contributed by atoms with Gasteiger partial charge in [0.05, 0.1) is 0 Å². The van der Waals surface area contributed by atoms with Crippen LogP contribution in [-0.4, -0.2) is 55.0 Å². The standard InChI is InChI=1S/C18H28N4O.2ClH/c1-2-21-7-9-22(10-8-21)6-5-18(23)20-12-15-3-4-16-13-19-14-17(16)11-15;;/h3-4,11,19H,2,5-10,12-14H2,1H3,(H,20,23);2*1H. The summed E-state index contributed by atoms with van der Waals surface area (Å²) < 4.78 is 0. The summed E-state index contributed by atoms with van der Waals surface area (Å²) in [7, 11) is 0. The summed E-state index contributed by atoms with van der Waals surface area (Å²) in [5, 5.41) is 6.40. The van der Waals surface area contributed by atoms with Gasteiger partial charge in [-0.1, -0.05) is 25.1 Å². The number of nitrogens with zero attached hydrogens (tertiary/aromatic N) is 2. The summed E-state index contributed by atoms with van der Waals surface area (Å²) in [5.74, 6) is 0.154. The number of fused-ring (bicyclic) bond motifs is 1. The number of hydrogen-bond donors (Lipinski definition) is 2. The Balaban J connectivity index is 0.00000156. The molecule has 2 N–H and O–H groups in total. The molecule has 2 aliphatic rings. The molecule has 0 unspecified atom stereocenters. The summed E-state index contributed by atoms with van der Waals surface area (Å²) in [6.45, 7) is 11.2. The predicted octanol–water partition coefficient (Wildman–Crippen LogP) is 1.78. The maximum Gasteiger partial charge on any atom is 0.221 e. The van der Waals surface area contributed by atoms with E-state index in [1.165, 1.54) is 16.7 Å². The molecule has 7 heteroatoms. The molecule has 0 atom stereocenters. The number of nitrogens with one attached hydrogen (secondary N) is 2. The second-order valence-electron chi connectivity index (χ2n) is 6.51. The van der Waals surface area contributed by atoms with Gasteiger partial charge in [-0.05, 0) is 23.2 Å². The smallest absolute Gasteiger partial charge is 0.221 e. The molecule has 1 fully saturated rings. The van der Waals surface area contributed by atoms with Gasteiger partial charge in [-0.25, -0.2) is 0 Å². The molecule has 142 valence electrons. The van der Waals surface area contributed by atoms with Crippen LogP contribution in [0, 0.1) is 0 Å². The van der Waals surface area contributed by atoms with Crippen LogP contribution >= 0.6 is 24.8 Å². The maximum atomic E-state index is 12.1. The molecule has 0 aromatic heterocycles. The van der Waals surface area contributed by atoms with Crippen molar-refractivity contribution in [3.05, 3.63) is 34.9 Å². The Morgan fingerprint density at radius 1 is 1.08 bits per heavy atom. The minimum Gasteiger partial charge on any atom is -0.352 e. The van der Waals surface area contributed by atoms with Gasteiger partial charge in [0.2, 0.25) is 5.91 Å². The highest BCUT2D eigenvalue weighted by Gasteiger charge is 2.16. The SMILES string of the molecule is CCN1CCN(CCC(=O)NCc2ccc3c(c2)CNC3)CC1.Cl.Cl. The summed E-state index contributed by atoms with van der Waals surface area (Å²) in [4.78, 5) is 16.9. The van der Waals surface area contributed by atoms with Gasteiger partial charge in [-0.15, -0.1) is 24.8 Å². The molecule has 0 radical (unpaired) electrons. The highest BCUT2D eigenvalue weighted by Crippen LogP contribution is 2.16. The zero-order chi connectivity index (χ0) is 16.1. The molecule has 1 saturated heterocycles. The van der Waals surface area contributed by atoms with E-state index in [9.17, 15) is 4.79 Å². The van der Waals surface area contributed by atoms with E-state index >= 15 is 0 Å². The number of amides is 1.